The number of sulfonamides is 1. The fourth-order valence-electron chi connectivity index (χ4n) is 2.63. The summed E-state index contributed by atoms with van der Waals surface area (Å²) >= 11 is 1.47. The van der Waals surface area contributed by atoms with Crippen LogP contribution in [0.3, 0.4) is 0 Å². The monoisotopic (exact) mass is 400 g/mol. The Morgan fingerprint density at radius 3 is 2.67 bits per heavy atom. The lowest BCUT2D eigenvalue weighted by Gasteiger charge is -2.04. The zero-order chi connectivity index (χ0) is 18.9. The summed E-state index contributed by atoms with van der Waals surface area (Å²) in [5.41, 5.74) is 2.85. The van der Waals surface area contributed by atoms with Gasteiger partial charge in [0.25, 0.3) is 0 Å². The first-order chi connectivity index (χ1) is 13.0. The van der Waals surface area contributed by atoms with Crippen LogP contribution in [-0.4, -0.2) is 34.5 Å². The molecule has 0 fully saturated rings. The minimum Gasteiger partial charge on any atom is -0.360 e. The van der Waals surface area contributed by atoms with E-state index in [1.54, 1.807) is 35.2 Å². The van der Waals surface area contributed by atoms with E-state index in [-0.39, 0.29) is 4.90 Å². The molecule has 0 aliphatic rings. The van der Waals surface area contributed by atoms with Gasteiger partial charge in [-0.15, -0.1) is 5.10 Å². The van der Waals surface area contributed by atoms with Gasteiger partial charge in [-0.25, -0.2) is 23.1 Å². The summed E-state index contributed by atoms with van der Waals surface area (Å²) in [6, 6.07) is 10.4. The molecule has 0 saturated carbocycles. The number of rotatable bonds is 6. The molecule has 8 nitrogen and oxygen atoms in total. The third kappa shape index (κ3) is 3.82. The standard InChI is InChI=1S/C17H16N6O2S2/c18-27(24,25)14-5-3-12(4-6-14)7-9-20-16-22-23-15(11-21-17(23)26-16)13-2-1-8-19-10-13/h1-6,8,10-11H,7,9H2,(H,20,22)(H2,18,24,25). The third-order valence-corrected chi connectivity index (χ3v) is 5.79. The van der Waals surface area contributed by atoms with Gasteiger partial charge in [-0.2, -0.15) is 0 Å². The number of pyridine rings is 1. The van der Waals surface area contributed by atoms with Gasteiger partial charge in [0.1, 0.15) is 0 Å². The van der Waals surface area contributed by atoms with Crippen molar-refractivity contribution in [3.8, 4) is 11.3 Å². The molecule has 3 aromatic heterocycles. The van der Waals surface area contributed by atoms with E-state index in [1.807, 2.05) is 12.1 Å². The molecule has 0 unspecified atom stereocenters. The van der Waals surface area contributed by atoms with Crippen molar-refractivity contribution in [1.82, 2.24) is 19.6 Å². The zero-order valence-corrected chi connectivity index (χ0v) is 15.7. The van der Waals surface area contributed by atoms with Gasteiger partial charge >= 0.3 is 0 Å². The van der Waals surface area contributed by atoms with E-state index >= 15 is 0 Å². The number of primary sulfonamides is 1. The Morgan fingerprint density at radius 1 is 1.15 bits per heavy atom. The minimum atomic E-state index is -3.66. The first-order valence-electron chi connectivity index (χ1n) is 8.11. The highest BCUT2D eigenvalue weighted by Gasteiger charge is 2.11. The van der Waals surface area contributed by atoms with E-state index in [2.05, 4.69) is 20.4 Å². The smallest absolute Gasteiger partial charge is 0.238 e. The summed E-state index contributed by atoms with van der Waals surface area (Å²) in [4.78, 5) is 9.44. The van der Waals surface area contributed by atoms with E-state index in [1.165, 1.54) is 23.5 Å². The van der Waals surface area contributed by atoms with Crippen molar-refractivity contribution in [2.75, 3.05) is 11.9 Å². The lowest BCUT2D eigenvalue weighted by Crippen LogP contribution is -2.12. The number of nitrogens with two attached hydrogens (primary N) is 1. The Kier molecular flexibility index (Phi) is 4.60. The quantitative estimate of drug-likeness (QED) is 0.512. The van der Waals surface area contributed by atoms with Crippen molar-refractivity contribution in [3.63, 3.8) is 0 Å². The number of hydrogen-bond donors (Lipinski definition) is 2. The van der Waals surface area contributed by atoms with Crippen LogP contribution in [0.15, 0.2) is 59.9 Å². The van der Waals surface area contributed by atoms with Crippen LogP contribution in [0.2, 0.25) is 0 Å². The van der Waals surface area contributed by atoms with Crippen molar-refractivity contribution in [3.05, 3.63) is 60.6 Å². The minimum absolute atomic E-state index is 0.114. The molecule has 0 spiro atoms. The zero-order valence-electron chi connectivity index (χ0n) is 14.1. The van der Waals surface area contributed by atoms with Crippen LogP contribution in [0.1, 0.15) is 5.56 Å². The molecule has 0 saturated heterocycles. The molecule has 0 bridgehead atoms. The Hall–Kier alpha value is -2.82. The predicted molar refractivity (Wildman–Crippen MR) is 104 cm³/mol. The van der Waals surface area contributed by atoms with E-state index in [9.17, 15) is 8.42 Å². The van der Waals surface area contributed by atoms with Crippen LogP contribution in [-0.2, 0) is 16.4 Å². The lowest BCUT2D eigenvalue weighted by molar-refractivity contribution is 0.598. The SMILES string of the molecule is NS(=O)(=O)c1ccc(CCNc2nn3c(-c4cccnc4)cnc3s2)cc1. The first-order valence-corrected chi connectivity index (χ1v) is 10.5. The summed E-state index contributed by atoms with van der Waals surface area (Å²) in [5.74, 6) is 0. The molecule has 3 heterocycles. The van der Waals surface area contributed by atoms with Crippen molar-refractivity contribution >= 4 is 31.5 Å². The van der Waals surface area contributed by atoms with Crippen LogP contribution in [0, 0.1) is 0 Å². The van der Waals surface area contributed by atoms with E-state index < -0.39 is 10.0 Å². The van der Waals surface area contributed by atoms with Crippen LogP contribution in [0.5, 0.6) is 0 Å². The number of nitrogens with zero attached hydrogens (tertiary/aromatic N) is 4. The molecule has 10 heteroatoms. The molecule has 0 aliphatic heterocycles. The average molecular weight is 400 g/mol. The summed E-state index contributed by atoms with van der Waals surface area (Å²) in [5, 5.41) is 13.7. The van der Waals surface area contributed by atoms with Crippen molar-refractivity contribution < 1.29 is 8.42 Å². The number of fused-ring (bicyclic) bond motifs is 1. The third-order valence-electron chi connectivity index (χ3n) is 3.98. The number of aromatic nitrogens is 4. The second kappa shape index (κ2) is 7.06. The predicted octanol–water partition coefficient (Wildman–Crippen LogP) is 2.15. The maximum absolute atomic E-state index is 11.3. The molecule has 4 aromatic rings. The molecule has 0 aliphatic carbocycles. The number of nitrogens with one attached hydrogen (secondary N) is 1. The Labute approximate surface area is 159 Å². The second-order valence-electron chi connectivity index (χ2n) is 5.85. The van der Waals surface area contributed by atoms with Crippen molar-refractivity contribution in [2.45, 2.75) is 11.3 Å². The fraction of sp³-hybridized carbons (Fsp3) is 0.118. The van der Waals surface area contributed by atoms with Crippen LogP contribution < -0.4 is 10.5 Å². The molecular formula is C17H16N6O2S2. The normalized spacial score (nSPS) is 11.7. The van der Waals surface area contributed by atoms with Gasteiger partial charge in [0.05, 0.1) is 16.8 Å². The molecule has 27 heavy (non-hydrogen) atoms. The van der Waals surface area contributed by atoms with Crippen molar-refractivity contribution in [2.24, 2.45) is 5.14 Å². The van der Waals surface area contributed by atoms with E-state index in [4.69, 9.17) is 5.14 Å². The highest BCUT2D eigenvalue weighted by molar-refractivity contribution is 7.89. The van der Waals surface area contributed by atoms with Crippen LogP contribution in [0.25, 0.3) is 16.2 Å². The molecule has 4 rings (SSSR count). The van der Waals surface area contributed by atoms with Crippen molar-refractivity contribution in [1.29, 1.82) is 0 Å². The van der Waals surface area contributed by atoms with Crippen LogP contribution >= 0.6 is 11.3 Å². The van der Waals surface area contributed by atoms with Gasteiger partial charge in [-0.05, 0) is 36.2 Å². The summed E-state index contributed by atoms with van der Waals surface area (Å²) in [6.07, 6.45) is 6.02. The number of benzene rings is 1. The maximum Gasteiger partial charge on any atom is 0.238 e. The molecule has 0 radical (unpaired) electrons. The van der Waals surface area contributed by atoms with Gasteiger partial charge in [-0.3, -0.25) is 4.98 Å². The molecule has 0 amide bonds. The fourth-order valence-corrected chi connectivity index (χ4v) is 3.95. The molecule has 138 valence electrons. The largest absolute Gasteiger partial charge is 0.360 e. The van der Waals surface area contributed by atoms with Gasteiger partial charge in [0.2, 0.25) is 20.1 Å². The number of hydrogen-bond acceptors (Lipinski definition) is 7. The second-order valence-corrected chi connectivity index (χ2v) is 8.37. The van der Waals surface area contributed by atoms with Gasteiger partial charge in [-0.1, -0.05) is 23.5 Å². The van der Waals surface area contributed by atoms with Crippen LogP contribution in [0.4, 0.5) is 5.13 Å². The Balaban J connectivity index is 1.43. The summed E-state index contributed by atoms with van der Waals surface area (Å²) in [7, 11) is -3.66. The van der Waals surface area contributed by atoms with Gasteiger partial charge < -0.3 is 5.32 Å². The molecule has 0 atom stereocenters. The van der Waals surface area contributed by atoms with Gasteiger partial charge in [0, 0.05) is 24.5 Å². The topological polar surface area (TPSA) is 115 Å². The van der Waals surface area contributed by atoms with E-state index in [0.717, 1.165) is 33.3 Å². The lowest BCUT2D eigenvalue weighted by atomic mass is 10.1. The molecule has 1 aromatic carbocycles. The highest BCUT2D eigenvalue weighted by atomic mass is 32.2. The molecule has 3 N–H and O–H groups in total. The van der Waals surface area contributed by atoms with Gasteiger partial charge in [0.15, 0.2) is 0 Å². The average Bonchev–Trinajstić information content (AvgIpc) is 3.22. The highest BCUT2D eigenvalue weighted by Crippen LogP contribution is 2.25. The Bertz CT molecular complexity index is 1170. The summed E-state index contributed by atoms with van der Waals surface area (Å²) in [6.45, 7) is 0.660. The van der Waals surface area contributed by atoms with E-state index in [0.29, 0.717) is 6.54 Å². The maximum atomic E-state index is 11.3. The summed E-state index contributed by atoms with van der Waals surface area (Å²) < 4.78 is 24.4. The Morgan fingerprint density at radius 2 is 1.96 bits per heavy atom. The molecular weight excluding hydrogens is 384 g/mol. The first kappa shape index (κ1) is 17.6. The number of anilines is 1. The number of imidazole rings is 1.